The number of benzene rings is 1. The summed E-state index contributed by atoms with van der Waals surface area (Å²) in [5.74, 6) is -0.569. The molecule has 6 heteroatoms. The van der Waals surface area contributed by atoms with E-state index in [4.69, 9.17) is 0 Å². The van der Waals surface area contributed by atoms with Crippen molar-refractivity contribution in [3.63, 3.8) is 0 Å². The number of rotatable bonds is 2. The molecule has 0 aliphatic carbocycles. The Morgan fingerprint density at radius 3 is 2.52 bits per heavy atom. The summed E-state index contributed by atoms with van der Waals surface area (Å²) in [6.07, 6.45) is 1.42. The van der Waals surface area contributed by atoms with Crippen molar-refractivity contribution in [3.8, 4) is 0 Å². The van der Waals surface area contributed by atoms with Crippen molar-refractivity contribution in [2.75, 3.05) is 27.2 Å². The summed E-state index contributed by atoms with van der Waals surface area (Å²) in [5.41, 5.74) is 0.366. The number of urea groups is 1. The molecule has 1 heterocycles. The summed E-state index contributed by atoms with van der Waals surface area (Å²) in [6.45, 7) is 1.13. The number of carbonyl (C=O) groups excluding carboxylic acids is 2. The van der Waals surface area contributed by atoms with Crippen LogP contribution < -0.4 is 5.32 Å². The molecule has 5 nitrogen and oxygen atoms in total. The van der Waals surface area contributed by atoms with E-state index in [1.165, 1.54) is 23.1 Å². The second kappa shape index (κ2) is 6.56. The van der Waals surface area contributed by atoms with Crippen LogP contribution in [0, 0.1) is 5.82 Å². The maximum atomic E-state index is 13.2. The van der Waals surface area contributed by atoms with Crippen molar-refractivity contribution in [1.29, 1.82) is 0 Å². The smallest absolute Gasteiger partial charge is 0.317 e. The lowest BCUT2D eigenvalue weighted by Gasteiger charge is -2.33. The van der Waals surface area contributed by atoms with Crippen molar-refractivity contribution >= 4 is 11.9 Å². The molecule has 1 N–H and O–H groups in total. The Kier molecular flexibility index (Phi) is 4.77. The molecule has 1 aliphatic heterocycles. The number of likely N-dealkylation sites (tertiary alicyclic amines) is 1. The molecule has 2 rings (SSSR count). The largest absolute Gasteiger partial charge is 0.338 e. The van der Waals surface area contributed by atoms with Gasteiger partial charge in [0, 0.05) is 38.8 Å². The topological polar surface area (TPSA) is 52.7 Å². The van der Waals surface area contributed by atoms with Crippen LogP contribution in [0.3, 0.4) is 0 Å². The average molecular weight is 293 g/mol. The highest BCUT2D eigenvalue weighted by Gasteiger charge is 2.25. The highest BCUT2D eigenvalue weighted by Crippen LogP contribution is 2.15. The summed E-state index contributed by atoms with van der Waals surface area (Å²) >= 11 is 0. The Balaban J connectivity index is 1.89. The highest BCUT2D eigenvalue weighted by atomic mass is 19.1. The molecular formula is C15H20FN3O2. The predicted molar refractivity (Wildman–Crippen MR) is 77.5 cm³/mol. The molecule has 1 fully saturated rings. The van der Waals surface area contributed by atoms with Crippen molar-refractivity contribution in [1.82, 2.24) is 15.1 Å². The van der Waals surface area contributed by atoms with Gasteiger partial charge < -0.3 is 15.1 Å². The van der Waals surface area contributed by atoms with Crippen LogP contribution in [0.2, 0.25) is 0 Å². The quantitative estimate of drug-likeness (QED) is 0.902. The van der Waals surface area contributed by atoms with E-state index in [9.17, 15) is 14.0 Å². The van der Waals surface area contributed by atoms with Crippen LogP contribution in [-0.4, -0.2) is 55.0 Å². The molecule has 1 aromatic carbocycles. The first-order valence-electron chi connectivity index (χ1n) is 7.00. The first kappa shape index (κ1) is 15.3. The van der Waals surface area contributed by atoms with Gasteiger partial charge in [-0.25, -0.2) is 9.18 Å². The molecule has 0 bridgehead atoms. The van der Waals surface area contributed by atoms with Gasteiger partial charge in [-0.2, -0.15) is 0 Å². The fourth-order valence-corrected chi connectivity index (χ4v) is 2.33. The minimum absolute atomic E-state index is 0.0801. The zero-order valence-corrected chi connectivity index (χ0v) is 12.3. The molecule has 0 aromatic heterocycles. The van der Waals surface area contributed by atoms with E-state index in [1.54, 1.807) is 25.1 Å². The van der Waals surface area contributed by atoms with Crippen LogP contribution in [0.5, 0.6) is 0 Å². The summed E-state index contributed by atoms with van der Waals surface area (Å²) in [5, 5.41) is 2.92. The van der Waals surface area contributed by atoms with Gasteiger partial charge >= 0.3 is 6.03 Å². The van der Waals surface area contributed by atoms with E-state index in [0.717, 1.165) is 0 Å². The van der Waals surface area contributed by atoms with E-state index in [1.807, 2.05) is 0 Å². The van der Waals surface area contributed by atoms with Crippen LogP contribution in [0.4, 0.5) is 9.18 Å². The summed E-state index contributed by atoms with van der Waals surface area (Å²) < 4.78 is 13.2. The summed E-state index contributed by atoms with van der Waals surface area (Å²) in [6, 6.07) is 5.68. The molecule has 0 radical (unpaired) electrons. The van der Waals surface area contributed by atoms with E-state index in [-0.39, 0.29) is 18.0 Å². The molecule has 21 heavy (non-hydrogen) atoms. The summed E-state index contributed by atoms with van der Waals surface area (Å²) in [4.78, 5) is 27.0. The molecule has 1 saturated heterocycles. The Hall–Kier alpha value is -2.11. The Bertz CT molecular complexity index is 525. The molecule has 1 aromatic rings. The van der Waals surface area contributed by atoms with Crippen molar-refractivity contribution in [3.05, 3.63) is 35.6 Å². The maximum absolute atomic E-state index is 13.2. The molecule has 114 valence electrons. The first-order valence-corrected chi connectivity index (χ1v) is 7.00. The number of nitrogens with zero attached hydrogens (tertiary/aromatic N) is 2. The molecule has 0 atom stereocenters. The molecule has 1 aliphatic rings. The van der Waals surface area contributed by atoms with Gasteiger partial charge in [0.05, 0.1) is 0 Å². The van der Waals surface area contributed by atoms with Crippen LogP contribution in [-0.2, 0) is 0 Å². The third-order valence-corrected chi connectivity index (χ3v) is 3.59. The minimum Gasteiger partial charge on any atom is -0.338 e. The lowest BCUT2D eigenvalue weighted by molar-refractivity contribution is 0.0706. The fourth-order valence-electron chi connectivity index (χ4n) is 2.33. The zero-order chi connectivity index (χ0) is 15.4. The van der Waals surface area contributed by atoms with Crippen LogP contribution >= 0.6 is 0 Å². The Labute approximate surface area is 123 Å². The van der Waals surface area contributed by atoms with E-state index < -0.39 is 5.82 Å². The van der Waals surface area contributed by atoms with E-state index in [0.29, 0.717) is 31.5 Å². The molecule has 0 saturated carbocycles. The fraction of sp³-hybridized carbons (Fsp3) is 0.467. The Morgan fingerprint density at radius 1 is 1.29 bits per heavy atom. The van der Waals surface area contributed by atoms with Gasteiger partial charge in [0.1, 0.15) is 5.82 Å². The number of carbonyl (C=O) groups is 2. The number of amides is 3. The standard InChI is InChI=1S/C15H20FN3O2/c1-18(2)15(21)17-13-6-8-19(9-7-13)14(20)11-4-3-5-12(16)10-11/h3-5,10,13H,6-9H2,1-2H3,(H,17,21). The average Bonchev–Trinajstić information content (AvgIpc) is 2.47. The number of halogens is 1. The number of nitrogens with one attached hydrogen (secondary N) is 1. The van der Waals surface area contributed by atoms with Gasteiger partial charge in [-0.1, -0.05) is 6.07 Å². The number of piperidine rings is 1. The van der Waals surface area contributed by atoms with Crippen LogP contribution in [0.15, 0.2) is 24.3 Å². The van der Waals surface area contributed by atoms with Gasteiger partial charge in [-0.15, -0.1) is 0 Å². The predicted octanol–water partition coefficient (Wildman–Crippen LogP) is 1.70. The van der Waals surface area contributed by atoms with E-state index >= 15 is 0 Å². The maximum Gasteiger partial charge on any atom is 0.317 e. The molecule has 0 unspecified atom stereocenters. The van der Waals surface area contributed by atoms with Gasteiger partial charge in [-0.3, -0.25) is 4.79 Å². The van der Waals surface area contributed by atoms with E-state index in [2.05, 4.69) is 5.32 Å². The number of hydrogen-bond acceptors (Lipinski definition) is 2. The van der Waals surface area contributed by atoms with Crippen molar-refractivity contribution in [2.45, 2.75) is 18.9 Å². The third-order valence-electron chi connectivity index (χ3n) is 3.59. The second-order valence-corrected chi connectivity index (χ2v) is 5.42. The molecular weight excluding hydrogens is 273 g/mol. The van der Waals surface area contributed by atoms with Gasteiger partial charge in [0.15, 0.2) is 0 Å². The van der Waals surface area contributed by atoms with Gasteiger partial charge in [0.2, 0.25) is 0 Å². The number of hydrogen-bond donors (Lipinski definition) is 1. The Morgan fingerprint density at radius 2 is 1.95 bits per heavy atom. The van der Waals surface area contributed by atoms with Gasteiger partial charge in [0.25, 0.3) is 5.91 Å². The van der Waals surface area contributed by atoms with Crippen LogP contribution in [0.25, 0.3) is 0 Å². The monoisotopic (exact) mass is 293 g/mol. The third kappa shape index (κ3) is 3.93. The second-order valence-electron chi connectivity index (χ2n) is 5.42. The zero-order valence-electron chi connectivity index (χ0n) is 12.3. The SMILES string of the molecule is CN(C)C(=O)NC1CCN(C(=O)c2cccc(F)c2)CC1. The van der Waals surface area contributed by atoms with Gasteiger partial charge in [-0.05, 0) is 31.0 Å². The summed E-state index contributed by atoms with van der Waals surface area (Å²) in [7, 11) is 3.38. The lowest BCUT2D eigenvalue weighted by Crippen LogP contribution is -2.48. The van der Waals surface area contributed by atoms with Crippen molar-refractivity contribution in [2.24, 2.45) is 0 Å². The molecule has 0 spiro atoms. The highest BCUT2D eigenvalue weighted by molar-refractivity contribution is 5.94. The van der Waals surface area contributed by atoms with Crippen LogP contribution in [0.1, 0.15) is 23.2 Å². The first-order chi connectivity index (χ1) is 9.97. The lowest BCUT2D eigenvalue weighted by atomic mass is 10.0. The molecule has 3 amide bonds. The minimum atomic E-state index is -0.408. The normalized spacial score (nSPS) is 15.7. The van der Waals surface area contributed by atoms with Crippen molar-refractivity contribution < 1.29 is 14.0 Å².